The van der Waals surface area contributed by atoms with Crippen molar-refractivity contribution in [1.29, 1.82) is 0 Å². The van der Waals surface area contributed by atoms with Crippen LogP contribution in [0.2, 0.25) is 0 Å². The molecule has 24 heavy (non-hydrogen) atoms. The maximum absolute atomic E-state index is 11.5. The molecule has 138 valence electrons. The molecule has 1 heterocycles. The van der Waals surface area contributed by atoms with Gasteiger partial charge in [0.15, 0.2) is 17.1 Å². The Morgan fingerprint density at radius 2 is 1.62 bits per heavy atom. The number of hydrogen-bond donors (Lipinski definition) is 1. The number of esters is 3. The van der Waals surface area contributed by atoms with E-state index in [1.807, 2.05) is 0 Å². The summed E-state index contributed by atoms with van der Waals surface area (Å²) >= 11 is 4.51. The average molecular weight is 364 g/mol. The summed E-state index contributed by atoms with van der Waals surface area (Å²) in [5.41, 5.74) is 0. The number of ether oxygens (including phenoxy) is 5. The van der Waals surface area contributed by atoms with Crippen LogP contribution in [0.25, 0.3) is 0 Å². The van der Waals surface area contributed by atoms with Crippen molar-refractivity contribution in [2.75, 3.05) is 13.7 Å². The van der Waals surface area contributed by atoms with Crippen LogP contribution < -0.4 is 0 Å². The van der Waals surface area contributed by atoms with Gasteiger partial charge in [0.25, 0.3) is 0 Å². The molecule has 0 aromatic rings. The van der Waals surface area contributed by atoms with E-state index >= 15 is 0 Å². The van der Waals surface area contributed by atoms with Crippen molar-refractivity contribution < 1.29 is 38.1 Å². The highest BCUT2D eigenvalue weighted by Crippen LogP contribution is 2.40. The zero-order valence-corrected chi connectivity index (χ0v) is 15.3. The summed E-state index contributed by atoms with van der Waals surface area (Å²) in [6, 6.07) is 0. The Morgan fingerprint density at radius 1 is 1.04 bits per heavy atom. The number of hydrogen-bond acceptors (Lipinski definition) is 9. The second kappa shape index (κ2) is 8.68. The Bertz CT molecular complexity index is 482. The molecule has 0 aliphatic carbocycles. The lowest BCUT2D eigenvalue weighted by molar-refractivity contribution is -0.261. The largest absolute Gasteiger partial charge is 0.463 e. The lowest BCUT2D eigenvalue weighted by Gasteiger charge is -2.49. The van der Waals surface area contributed by atoms with E-state index in [2.05, 4.69) is 12.6 Å². The molecule has 1 aliphatic heterocycles. The summed E-state index contributed by atoms with van der Waals surface area (Å²) in [4.78, 5) is 32.8. The smallest absolute Gasteiger partial charge is 0.303 e. The van der Waals surface area contributed by atoms with E-state index in [0.717, 1.165) is 0 Å². The molecule has 0 spiro atoms. The number of carbonyl (C=O) groups is 3. The first-order chi connectivity index (χ1) is 11.1. The first kappa shape index (κ1) is 20.7. The van der Waals surface area contributed by atoms with Gasteiger partial charge >= 0.3 is 17.9 Å². The van der Waals surface area contributed by atoms with Crippen molar-refractivity contribution >= 4 is 30.5 Å². The Labute approximate surface area is 146 Å². The molecular formula is C15H24O8S. The Morgan fingerprint density at radius 3 is 2.04 bits per heavy atom. The van der Waals surface area contributed by atoms with E-state index in [-0.39, 0.29) is 6.61 Å². The number of rotatable bonds is 6. The second-order valence-electron chi connectivity index (χ2n) is 5.46. The number of thiol groups is 1. The van der Waals surface area contributed by atoms with Crippen molar-refractivity contribution in [3.63, 3.8) is 0 Å². The fourth-order valence-corrected chi connectivity index (χ4v) is 2.91. The minimum atomic E-state index is -1.19. The van der Waals surface area contributed by atoms with Crippen LogP contribution in [-0.4, -0.2) is 61.0 Å². The first-order valence-electron chi connectivity index (χ1n) is 7.55. The Kier molecular flexibility index (Phi) is 7.50. The predicted octanol–water partition coefficient (Wildman–Crippen LogP) is 0.863. The van der Waals surface area contributed by atoms with E-state index in [9.17, 15) is 14.4 Å². The van der Waals surface area contributed by atoms with Crippen LogP contribution in [0.3, 0.4) is 0 Å². The summed E-state index contributed by atoms with van der Waals surface area (Å²) < 4.78 is 26.9. The van der Waals surface area contributed by atoms with Crippen LogP contribution in [-0.2, 0) is 38.1 Å². The average Bonchev–Trinajstić information content (AvgIpc) is 2.48. The molecule has 0 aromatic carbocycles. The van der Waals surface area contributed by atoms with E-state index in [1.165, 1.54) is 27.9 Å². The zero-order valence-electron chi connectivity index (χ0n) is 14.4. The van der Waals surface area contributed by atoms with Gasteiger partial charge in [-0.15, -0.1) is 12.6 Å². The van der Waals surface area contributed by atoms with Crippen LogP contribution in [0.4, 0.5) is 0 Å². The molecule has 0 bridgehead atoms. The number of methoxy groups -OCH3 is 1. The quantitative estimate of drug-likeness (QED) is 0.421. The SMILES string of the molecule is CC[C@@]1(S)O[C@@H](COC(C)=O)[C@@H](OC(C)=O)[C@H](OC)[C@H]1OC(C)=O. The fraction of sp³-hybridized carbons (Fsp3) is 0.800. The highest BCUT2D eigenvalue weighted by molar-refractivity contribution is 7.81. The maximum Gasteiger partial charge on any atom is 0.303 e. The topological polar surface area (TPSA) is 97.4 Å². The van der Waals surface area contributed by atoms with Crippen molar-refractivity contribution in [1.82, 2.24) is 0 Å². The molecule has 0 radical (unpaired) electrons. The maximum atomic E-state index is 11.5. The fourth-order valence-electron chi connectivity index (χ4n) is 2.58. The predicted molar refractivity (Wildman–Crippen MR) is 85.4 cm³/mol. The lowest BCUT2D eigenvalue weighted by atomic mass is 9.92. The second-order valence-corrected chi connectivity index (χ2v) is 6.22. The molecule has 0 N–H and O–H groups in total. The molecule has 1 rings (SSSR count). The van der Waals surface area contributed by atoms with Gasteiger partial charge in [-0.3, -0.25) is 14.4 Å². The molecule has 0 saturated carbocycles. The van der Waals surface area contributed by atoms with Crippen LogP contribution in [0, 0.1) is 0 Å². The third-order valence-electron chi connectivity index (χ3n) is 3.61. The summed E-state index contributed by atoms with van der Waals surface area (Å²) in [7, 11) is 1.40. The van der Waals surface area contributed by atoms with Gasteiger partial charge in [-0.2, -0.15) is 0 Å². The summed E-state index contributed by atoms with van der Waals surface area (Å²) in [5.74, 6) is -1.61. The van der Waals surface area contributed by atoms with Gasteiger partial charge in [0.1, 0.15) is 18.8 Å². The van der Waals surface area contributed by atoms with Crippen LogP contribution in [0.5, 0.6) is 0 Å². The summed E-state index contributed by atoms with van der Waals surface area (Å²) in [6.45, 7) is 5.39. The summed E-state index contributed by atoms with van der Waals surface area (Å²) in [5, 5.41) is 0. The molecule has 0 aromatic heterocycles. The minimum Gasteiger partial charge on any atom is -0.463 e. The monoisotopic (exact) mass is 364 g/mol. The van der Waals surface area contributed by atoms with Crippen molar-refractivity contribution in [3.8, 4) is 0 Å². The van der Waals surface area contributed by atoms with Gasteiger partial charge in [0.2, 0.25) is 0 Å². The van der Waals surface area contributed by atoms with Gasteiger partial charge in [-0.05, 0) is 6.42 Å². The molecule has 8 nitrogen and oxygen atoms in total. The lowest BCUT2D eigenvalue weighted by Crippen LogP contribution is -2.65. The standard InChI is InChI=1S/C15H24O8S/c1-6-15(24)14(22-10(4)18)13(19-5)12(21-9(3)17)11(23-15)7-20-8(2)16/h11-14,24H,6-7H2,1-5H3/t11-,12+,13-,14+,15-/m0/s1. The van der Waals surface area contributed by atoms with E-state index in [4.69, 9.17) is 23.7 Å². The molecule has 1 aliphatic rings. The molecular weight excluding hydrogens is 340 g/mol. The Hall–Kier alpha value is -1.32. The minimum absolute atomic E-state index is 0.151. The van der Waals surface area contributed by atoms with E-state index in [0.29, 0.717) is 6.42 Å². The van der Waals surface area contributed by atoms with E-state index in [1.54, 1.807) is 6.92 Å². The van der Waals surface area contributed by atoms with Gasteiger partial charge in [0, 0.05) is 27.9 Å². The van der Waals surface area contributed by atoms with Crippen molar-refractivity contribution in [2.24, 2.45) is 0 Å². The third kappa shape index (κ3) is 5.09. The highest BCUT2D eigenvalue weighted by atomic mass is 32.1. The van der Waals surface area contributed by atoms with Gasteiger partial charge in [-0.25, -0.2) is 0 Å². The van der Waals surface area contributed by atoms with Gasteiger partial charge < -0.3 is 23.7 Å². The third-order valence-corrected chi connectivity index (χ3v) is 4.29. The van der Waals surface area contributed by atoms with Gasteiger partial charge in [-0.1, -0.05) is 6.92 Å². The van der Waals surface area contributed by atoms with Crippen molar-refractivity contribution in [2.45, 2.75) is 63.5 Å². The van der Waals surface area contributed by atoms with Crippen LogP contribution in [0.15, 0.2) is 0 Å². The molecule has 0 unspecified atom stereocenters. The van der Waals surface area contributed by atoms with E-state index < -0.39 is 47.3 Å². The molecule has 1 fully saturated rings. The highest BCUT2D eigenvalue weighted by Gasteiger charge is 2.56. The zero-order chi connectivity index (χ0) is 18.5. The molecule has 1 saturated heterocycles. The normalized spacial score (nSPS) is 32.8. The molecule has 0 amide bonds. The number of carbonyl (C=O) groups excluding carboxylic acids is 3. The molecule has 9 heteroatoms. The Balaban J connectivity index is 3.18. The summed E-state index contributed by atoms with van der Waals surface area (Å²) in [6.07, 6.45) is -3.11. The van der Waals surface area contributed by atoms with Crippen molar-refractivity contribution in [3.05, 3.63) is 0 Å². The van der Waals surface area contributed by atoms with Crippen LogP contribution in [0.1, 0.15) is 34.1 Å². The first-order valence-corrected chi connectivity index (χ1v) is 8.00. The van der Waals surface area contributed by atoms with Crippen LogP contribution >= 0.6 is 12.6 Å². The molecule has 5 atom stereocenters. The van der Waals surface area contributed by atoms with Gasteiger partial charge in [0.05, 0.1) is 0 Å².